The van der Waals surface area contributed by atoms with Gasteiger partial charge in [-0.1, -0.05) is 37.3 Å². The predicted molar refractivity (Wildman–Crippen MR) is 135 cm³/mol. The maximum absolute atomic E-state index is 13.3. The Morgan fingerprint density at radius 1 is 1.14 bits per heavy atom. The van der Waals surface area contributed by atoms with Gasteiger partial charge >= 0.3 is 6.18 Å². The van der Waals surface area contributed by atoms with E-state index in [1.54, 1.807) is 30.3 Å². The largest absolute Gasteiger partial charge is 0.445 e. The average Bonchev–Trinajstić information content (AvgIpc) is 3.31. The molecule has 8 nitrogen and oxygen atoms in total. The number of halogens is 3. The monoisotopic (exact) mass is 553 g/mol. The van der Waals surface area contributed by atoms with Crippen molar-refractivity contribution in [2.45, 2.75) is 56.8 Å². The van der Waals surface area contributed by atoms with Crippen LogP contribution in [0.4, 0.5) is 24.0 Å². The third kappa shape index (κ3) is 5.63. The lowest BCUT2D eigenvalue weighted by atomic mass is 9.76. The summed E-state index contributed by atoms with van der Waals surface area (Å²) in [6.45, 7) is 7.78. The fourth-order valence-electron chi connectivity index (χ4n) is 4.08. The summed E-state index contributed by atoms with van der Waals surface area (Å²) in [5, 5.41) is 10.7. The number of rotatable bonds is 6. The summed E-state index contributed by atoms with van der Waals surface area (Å²) in [6, 6.07) is 10.6. The van der Waals surface area contributed by atoms with Crippen molar-refractivity contribution in [1.29, 1.82) is 0 Å². The number of anilines is 2. The molecule has 2 atom stereocenters. The van der Waals surface area contributed by atoms with Gasteiger partial charge in [-0.15, -0.1) is 10.2 Å². The fourth-order valence-corrected chi connectivity index (χ4v) is 5.99. The highest BCUT2D eigenvalue weighted by Crippen LogP contribution is 2.43. The van der Waals surface area contributed by atoms with Gasteiger partial charge in [-0.05, 0) is 67.6 Å². The van der Waals surface area contributed by atoms with E-state index >= 15 is 0 Å². The molecule has 37 heavy (non-hydrogen) atoms. The van der Waals surface area contributed by atoms with E-state index in [0.29, 0.717) is 11.3 Å². The number of nitrogens with zero attached hydrogens (tertiary/aromatic N) is 2. The lowest BCUT2D eigenvalue weighted by molar-refractivity contribution is -0.138. The summed E-state index contributed by atoms with van der Waals surface area (Å²) >= 11 is 0.217. The second kappa shape index (κ2) is 9.69. The average molecular weight is 554 g/mol. The molecule has 0 spiro atoms. The second-order valence-electron chi connectivity index (χ2n) is 9.40. The van der Waals surface area contributed by atoms with Crippen molar-refractivity contribution >= 4 is 38.1 Å². The van der Waals surface area contributed by atoms with Gasteiger partial charge in [-0.3, -0.25) is 10.1 Å². The Morgan fingerprint density at radius 2 is 1.81 bits per heavy atom. The van der Waals surface area contributed by atoms with E-state index in [9.17, 15) is 26.4 Å². The molecule has 1 amide bonds. The molecule has 0 saturated heterocycles. The summed E-state index contributed by atoms with van der Waals surface area (Å²) in [6.07, 6.45) is -3.89. The molecule has 3 aromatic rings. The molecule has 0 saturated carbocycles. The Balaban J connectivity index is 1.65. The van der Waals surface area contributed by atoms with Gasteiger partial charge < -0.3 is 5.32 Å². The van der Waals surface area contributed by atoms with E-state index in [0.717, 1.165) is 12.0 Å². The van der Waals surface area contributed by atoms with Crippen LogP contribution in [0, 0.1) is 5.92 Å². The predicted octanol–water partition coefficient (Wildman–Crippen LogP) is 5.23. The number of hydrogen-bond donors (Lipinski definition) is 3. The van der Waals surface area contributed by atoms with Crippen molar-refractivity contribution in [3.63, 3.8) is 0 Å². The number of nitrogens with one attached hydrogen (secondary N) is 3. The molecule has 0 fully saturated rings. The van der Waals surface area contributed by atoms with Crippen molar-refractivity contribution < 1.29 is 26.4 Å². The van der Waals surface area contributed by atoms with Crippen LogP contribution in [0.5, 0.6) is 0 Å². The molecule has 2 heterocycles. The fraction of sp³-hybridized carbons (Fsp3) is 0.375. The number of fused-ring (bicyclic) bond motifs is 1. The van der Waals surface area contributed by atoms with Gasteiger partial charge in [0, 0.05) is 16.8 Å². The van der Waals surface area contributed by atoms with Crippen molar-refractivity contribution in [1.82, 2.24) is 14.9 Å². The summed E-state index contributed by atoms with van der Waals surface area (Å²) in [7, 11) is -3.91. The van der Waals surface area contributed by atoms with E-state index in [1.165, 1.54) is 12.1 Å². The van der Waals surface area contributed by atoms with Crippen LogP contribution in [0.25, 0.3) is 0 Å². The Morgan fingerprint density at radius 3 is 2.41 bits per heavy atom. The molecule has 1 aliphatic heterocycles. The Bertz CT molecular complexity index is 1420. The number of sulfonamides is 1. The molecule has 198 valence electrons. The minimum atomic E-state index is -4.66. The molecule has 1 aromatic heterocycles. The van der Waals surface area contributed by atoms with E-state index in [1.807, 2.05) is 27.7 Å². The van der Waals surface area contributed by atoms with Gasteiger partial charge in [-0.2, -0.15) is 13.2 Å². The molecular weight excluding hydrogens is 527 g/mol. The SMILES string of the molecule is CCc1ccc(S(=O)(=O)N[C@@H]2c3cc(C(=O)Nc4nnc(C(F)(F)F)s4)ccc3NC(C)(C)[C@H]2C)cc1. The Kier molecular flexibility index (Phi) is 7.08. The standard InChI is InChI=1S/C24H26F3N5O3S2/c1-5-14-6-9-16(10-7-14)37(34,35)32-19-13(2)23(3,4)29-18-11-8-15(12-17(18)19)20(33)28-22-31-30-21(36-22)24(25,26)27/h6-13,19,29,32H,5H2,1-4H3,(H,28,31,33)/t13-,19-/m0/s1. The Hall–Kier alpha value is -3.03. The molecule has 3 N–H and O–H groups in total. The number of amides is 1. The maximum atomic E-state index is 13.3. The first-order chi connectivity index (χ1) is 17.2. The molecule has 0 bridgehead atoms. The highest BCUT2D eigenvalue weighted by Gasteiger charge is 2.41. The molecule has 13 heteroatoms. The van der Waals surface area contributed by atoms with Gasteiger partial charge in [-0.25, -0.2) is 13.1 Å². The molecule has 4 rings (SSSR count). The number of hydrogen-bond acceptors (Lipinski definition) is 7. The van der Waals surface area contributed by atoms with Crippen molar-refractivity contribution in [3.8, 4) is 0 Å². The summed E-state index contributed by atoms with van der Waals surface area (Å²) in [4.78, 5) is 13.0. The van der Waals surface area contributed by atoms with Crippen LogP contribution in [-0.2, 0) is 22.6 Å². The lowest BCUT2D eigenvalue weighted by Gasteiger charge is -2.44. The molecule has 0 unspecified atom stereocenters. The lowest BCUT2D eigenvalue weighted by Crippen LogP contribution is -2.49. The summed E-state index contributed by atoms with van der Waals surface area (Å²) < 4.78 is 67.8. The van der Waals surface area contributed by atoms with Crippen LogP contribution >= 0.6 is 11.3 Å². The van der Waals surface area contributed by atoms with Crippen molar-refractivity contribution in [2.75, 3.05) is 10.6 Å². The van der Waals surface area contributed by atoms with Crippen LogP contribution in [-0.4, -0.2) is 30.1 Å². The normalized spacial score (nSPS) is 19.1. The second-order valence-corrected chi connectivity index (χ2v) is 12.1. The minimum absolute atomic E-state index is 0.125. The Labute approximate surface area is 216 Å². The first-order valence-electron chi connectivity index (χ1n) is 11.5. The maximum Gasteiger partial charge on any atom is 0.445 e. The molecule has 1 aliphatic rings. The van der Waals surface area contributed by atoms with E-state index in [-0.39, 0.29) is 32.8 Å². The van der Waals surface area contributed by atoms with E-state index in [2.05, 4.69) is 25.6 Å². The van der Waals surface area contributed by atoms with Crippen LogP contribution in [0.15, 0.2) is 47.4 Å². The highest BCUT2D eigenvalue weighted by molar-refractivity contribution is 7.89. The quantitative estimate of drug-likeness (QED) is 0.385. The first-order valence-corrected chi connectivity index (χ1v) is 13.8. The molecular formula is C24H26F3N5O3S2. The van der Waals surface area contributed by atoms with E-state index < -0.39 is 38.7 Å². The number of aromatic nitrogens is 2. The zero-order chi connectivity index (χ0) is 27.2. The van der Waals surface area contributed by atoms with Gasteiger partial charge in [0.25, 0.3) is 5.91 Å². The zero-order valence-electron chi connectivity index (χ0n) is 20.5. The summed E-state index contributed by atoms with van der Waals surface area (Å²) in [5.74, 6) is -0.928. The van der Waals surface area contributed by atoms with Crippen molar-refractivity contribution in [2.24, 2.45) is 5.92 Å². The third-order valence-electron chi connectivity index (χ3n) is 6.56. The van der Waals surface area contributed by atoms with Crippen LogP contribution in [0.1, 0.15) is 60.2 Å². The number of carbonyl (C=O) groups excluding carboxylic acids is 1. The van der Waals surface area contributed by atoms with Gasteiger partial charge in [0.05, 0.1) is 10.9 Å². The van der Waals surface area contributed by atoms with E-state index in [4.69, 9.17) is 0 Å². The van der Waals surface area contributed by atoms with Crippen LogP contribution in [0.3, 0.4) is 0 Å². The number of carbonyl (C=O) groups is 1. The molecule has 0 radical (unpaired) electrons. The molecule has 0 aliphatic carbocycles. The van der Waals surface area contributed by atoms with Crippen molar-refractivity contribution in [3.05, 3.63) is 64.2 Å². The van der Waals surface area contributed by atoms with Gasteiger partial charge in [0.15, 0.2) is 0 Å². The van der Waals surface area contributed by atoms with Gasteiger partial charge in [0.1, 0.15) is 0 Å². The smallest absolute Gasteiger partial charge is 0.380 e. The minimum Gasteiger partial charge on any atom is -0.380 e. The van der Waals surface area contributed by atoms with Gasteiger partial charge in [0.2, 0.25) is 20.2 Å². The number of benzene rings is 2. The zero-order valence-corrected chi connectivity index (χ0v) is 22.1. The molecule has 2 aromatic carbocycles. The number of alkyl halides is 3. The topological polar surface area (TPSA) is 113 Å². The third-order valence-corrected chi connectivity index (χ3v) is 8.90. The summed E-state index contributed by atoms with van der Waals surface area (Å²) in [5.41, 5.74) is 1.84. The number of aryl methyl sites for hydroxylation is 1. The highest BCUT2D eigenvalue weighted by atomic mass is 32.2. The first kappa shape index (κ1) is 27.0. The van der Waals surface area contributed by atoms with Crippen LogP contribution < -0.4 is 15.4 Å². The van der Waals surface area contributed by atoms with Crippen LogP contribution in [0.2, 0.25) is 0 Å².